The molecule has 1 unspecified atom stereocenters. The van der Waals surface area contributed by atoms with Gasteiger partial charge in [-0.3, -0.25) is 10.1 Å². The van der Waals surface area contributed by atoms with Crippen LogP contribution in [0.25, 0.3) is 0 Å². The number of carbonyl (C=O) groups is 1. The Morgan fingerprint density at radius 1 is 1.73 bits per heavy atom. The van der Waals surface area contributed by atoms with E-state index in [-0.39, 0.29) is 23.5 Å². The third-order valence-electron chi connectivity index (χ3n) is 2.06. The van der Waals surface area contributed by atoms with Gasteiger partial charge in [0.15, 0.2) is 11.6 Å². The van der Waals surface area contributed by atoms with Crippen LogP contribution in [0.1, 0.15) is 0 Å². The van der Waals surface area contributed by atoms with Crippen molar-refractivity contribution in [3.63, 3.8) is 0 Å². The van der Waals surface area contributed by atoms with E-state index in [0.717, 1.165) is 11.6 Å². The van der Waals surface area contributed by atoms with Crippen molar-refractivity contribution < 1.29 is 9.90 Å². The molecule has 2 rings (SSSR count). The van der Waals surface area contributed by atoms with Crippen LogP contribution in [0, 0.1) is 0 Å². The molecule has 1 fully saturated rings. The predicted octanol–water partition coefficient (Wildman–Crippen LogP) is 0.388. The first-order valence-corrected chi connectivity index (χ1v) is 5.69. The molecule has 1 aromatic heterocycles. The van der Waals surface area contributed by atoms with E-state index in [9.17, 15) is 9.90 Å². The van der Waals surface area contributed by atoms with Crippen LogP contribution in [-0.4, -0.2) is 33.7 Å². The number of rotatable bonds is 2. The van der Waals surface area contributed by atoms with Gasteiger partial charge < -0.3 is 10.4 Å². The van der Waals surface area contributed by atoms with Crippen LogP contribution in [0.5, 0.6) is 5.75 Å². The highest BCUT2D eigenvalue weighted by atomic mass is 32.2. The summed E-state index contributed by atoms with van der Waals surface area (Å²) in [5, 5.41) is 15.0. The topological polar surface area (TPSA) is 74.2 Å². The lowest BCUT2D eigenvalue weighted by atomic mass is 10.3. The zero-order valence-corrected chi connectivity index (χ0v) is 8.75. The highest BCUT2D eigenvalue weighted by Gasteiger charge is 2.23. The molecule has 1 aliphatic heterocycles. The lowest BCUT2D eigenvalue weighted by Crippen LogP contribution is -2.37. The Balaban J connectivity index is 2.02. The molecule has 80 valence electrons. The molecule has 0 aromatic carbocycles. The van der Waals surface area contributed by atoms with Gasteiger partial charge in [-0.25, -0.2) is 4.98 Å². The van der Waals surface area contributed by atoms with E-state index in [1.165, 1.54) is 12.3 Å². The zero-order chi connectivity index (χ0) is 10.7. The summed E-state index contributed by atoms with van der Waals surface area (Å²) in [6.45, 7) is 0. The van der Waals surface area contributed by atoms with Crippen molar-refractivity contribution in [2.24, 2.45) is 0 Å². The molecule has 0 saturated carbocycles. The molecule has 15 heavy (non-hydrogen) atoms. The molecule has 1 amide bonds. The van der Waals surface area contributed by atoms with Crippen LogP contribution in [0.15, 0.2) is 18.3 Å². The van der Waals surface area contributed by atoms with Crippen LogP contribution in [0.2, 0.25) is 0 Å². The van der Waals surface area contributed by atoms with Crippen LogP contribution < -0.4 is 10.6 Å². The lowest BCUT2D eigenvalue weighted by Gasteiger charge is -2.10. The molecular formula is C9H11N3O2S. The fraction of sp³-hybridized carbons (Fsp3) is 0.333. The van der Waals surface area contributed by atoms with E-state index < -0.39 is 0 Å². The van der Waals surface area contributed by atoms with E-state index in [1.807, 2.05) is 0 Å². The Kier molecular flexibility index (Phi) is 3.08. The third-order valence-corrected chi connectivity index (χ3v) is 3.00. The third kappa shape index (κ3) is 2.40. The first-order chi connectivity index (χ1) is 7.27. The molecule has 0 spiro atoms. The van der Waals surface area contributed by atoms with E-state index in [0.29, 0.717) is 0 Å². The minimum absolute atomic E-state index is 0.0171. The molecular weight excluding hydrogens is 214 g/mol. The fourth-order valence-corrected chi connectivity index (χ4v) is 2.20. The van der Waals surface area contributed by atoms with Crippen molar-refractivity contribution in [2.75, 3.05) is 16.9 Å². The second-order valence-electron chi connectivity index (χ2n) is 3.13. The Hall–Kier alpha value is -1.27. The van der Waals surface area contributed by atoms with Gasteiger partial charge >= 0.3 is 0 Å². The largest absolute Gasteiger partial charge is 0.504 e. The maximum atomic E-state index is 11.6. The van der Waals surface area contributed by atoms with E-state index in [2.05, 4.69) is 15.6 Å². The molecule has 1 aliphatic rings. The first kappa shape index (κ1) is 10.3. The highest BCUT2D eigenvalue weighted by Crippen LogP contribution is 2.19. The van der Waals surface area contributed by atoms with Gasteiger partial charge in [0.2, 0.25) is 5.91 Å². The Morgan fingerprint density at radius 2 is 2.60 bits per heavy atom. The first-order valence-electron chi connectivity index (χ1n) is 4.53. The number of nitrogens with one attached hydrogen (secondary N) is 2. The number of nitrogens with zero attached hydrogens (tertiary/aromatic N) is 1. The Labute approximate surface area is 91.3 Å². The standard InChI is InChI=1S/C9H11N3O2S/c13-7-2-1-3-10-8(7)12-9(14)6-4-15-5-11-6/h1-3,6,11,13H,4-5H2,(H,10,12,14). The number of hydrogen-bond acceptors (Lipinski definition) is 5. The van der Waals surface area contributed by atoms with Gasteiger partial charge in [-0.15, -0.1) is 11.8 Å². The summed E-state index contributed by atoms with van der Waals surface area (Å²) in [6.07, 6.45) is 1.52. The van der Waals surface area contributed by atoms with Gasteiger partial charge in [-0.05, 0) is 12.1 Å². The van der Waals surface area contributed by atoms with Gasteiger partial charge in [0.25, 0.3) is 0 Å². The minimum Gasteiger partial charge on any atom is -0.504 e. The van der Waals surface area contributed by atoms with Gasteiger partial charge in [0.1, 0.15) is 0 Å². The number of amides is 1. The van der Waals surface area contributed by atoms with Crippen molar-refractivity contribution >= 4 is 23.5 Å². The molecule has 0 aliphatic carbocycles. The lowest BCUT2D eigenvalue weighted by molar-refractivity contribution is -0.117. The summed E-state index contributed by atoms with van der Waals surface area (Å²) in [6, 6.07) is 2.89. The molecule has 3 N–H and O–H groups in total. The molecule has 1 atom stereocenters. The van der Waals surface area contributed by atoms with Crippen molar-refractivity contribution in [2.45, 2.75) is 6.04 Å². The number of hydrogen-bond donors (Lipinski definition) is 3. The smallest absolute Gasteiger partial charge is 0.243 e. The van der Waals surface area contributed by atoms with Gasteiger partial charge in [0, 0.05) is 17.8 Å². The summed E-state index contributed by atoms with van der Waals surface area (Å²) in [7, 11) is 0. The predicted molar refractivity (Wildman–Crippen MR) is 58.8 cm³/mol. The number of anilines is 1. The van der Waals surface area contributed by atoms with E-state index in [1.54, 1.807) is 17.8 Å². The van der Waals surface area contributed by atoms with Gasteiger partial charge in [-0.1, -0.05) is 0 Å². The SMILES string of the molecule is O=C(Nc1ncccc1O)C1CSCN1. The average molecular weight is 225 g/mol. The summed E-state index contributed by atoms with van der Waals surface area (Å²) in [5.41, 5.74) is 0. The molecule has 5 nitrogen and oxygen atoms in total. The number of carbonyl (C=O) groups excluding carboxylic acids is 1. The fourth-order valence-electron chi connectivity index (χ4n) is 1.26. The molecule has 2 heterocycles. The van der Waals surface area contributed by atoms with E-state index in [4.69, 9.17) is 0 Å². The zero-order valence-electron chi connectivity index (χ0n) is 7.93. The maximum Gasteiger partial charge on any atom is 0.243 e. The minimum atomic E-state index is -0.198. The molecule has 1 aromatic rings. The normalized spacial score (nSPS) is 20.1. The summed E-state index contributed by atoms with van der Waals surface area (Å²) >= 11 is 1.67. The number of pyridine rings is 1. The van der Waals surface area contributed by atoms with Crippen molar-refractivity contribution in [3.8, 4) is 5.75 Å². The number of aromatic nitrogens is 1. The average Bonchev–Trinajstić information content (AvgIpc) is 2.74. The summed E-state index contributed by atoms with van der Waals surface area (Å²) < 4.78 is 0. The Morgan fingerprint density at radius 3 is 3.27 bits per heavy atom. The van der Waals surface area contributed by atoms with Crippen LogP contribution >= 0.6 is 11.8 Å². The number of thioether (sulfide) groups is 1. The monoisotopic (exact) mass is 225 g/mol. The van der Waals surface area contributed by atoms with E-state index >= 15 is 0 Å². The van der Waals surface area contributed by atoms with Crippen LogP contribution in [0.3, 0.4) is 0 Å². The highest BCUT2D eigenvalue weighted by molar-refractivity contribution is 7.99. The number of aromatic hydroxyl groups is 1. The van der Waals surface area contributed by atoms with Crippen molar-refractivity contribution in [3.05, 3.63) is 18.3 Å². The van der Waals surface area contributed by atoms with Crippen molar-refractivity contribution in [1.29, 1.82) is 0 Å². The van der Waals surface area contributed by atoms with Gasteiger partial charge in [0.05, 0.1) is 6.04 Å². The van der Waals surface area contributed by atoms with Crippen molar-refractivity contribution in [1.82, 2.24) is 10.3 Å². The van der Waals surface area contributed by atoms with Crippen LogP contribution in [0.4, 0.5) is 5.82 Å². The molecule has 6 heteroatoms. The summed E-state index contributed by atoms with van der Waals surface area (Å²) in [4.78, 5) is 15.5. The summed E-state index contributed by atoms with van der Waals surface area (Å²) in [5.74, 6) is 1.57. The van der Waals surface area contributed by atoms with Crippen LogP contribution in [-0.2, 0) is 4.79 Å². The Bertz CT molecular complexity index is 366. The molecule has 0 bridgehead atoms. The molecule has 1 saturated heterocycles. The quantitative estimate of drug-likeness (QED) is 0.679. The second kappa shape index (κ2) is 4.50. The molecule has 0 radical (unpaired) electrons. The second-order valence-corrected chi connectivity index (χ2v) is 4.16. The van der Waals surface area contributed by atoms with Gasteiger partial charge in [-0.2, -0.15) is 0 Å². The maximum absolute atomic E-state index is 11.6.